The Morgan fingerprint density at radius 1 is 1.90 bits per heavy atom. The second-order valence-corrected chi connectivity index (χ2v) is 3.22. The van der Waals surface area contributed by atoms with Gasteiger partial charge in [-0.05, 0) is 18.4 Å². The Kier molecular flexibility index (Phi) is 6.16. The summed E-state index contributed by atoms with van der Waals surface area (Å²) in [5.74, 6) is 0.0428. The average Bonchev–Trinajstić information content (AvgIpc) is 1.89. The fraction of sp³-hybridized carbons (Fsp3) is 0.800. The van der Waals surface area contributed by atoms with E-state index in [9.17, 15) is 4.79 Å². The zero-order valence-electron chi connectivity index (χ0n) is 5.63. The van der Waals surface area contributed by atoms with Crippen LogP contribution in [0.2, 0.25) is 0 Å². The first kappa shape index (κ1) is 10.3. The lowest BCUT2D eigenvalue weighted by atomic mass is 10.2. The summed E-state index contributed by atoms with van der Waals surface area (Å²) in [6, 6.07) is -0.465. The number of nitrogens with one attached hydrogen (secondary N) is 1. The van der Waals surface area contributed by atoms with Crippen LogP contribution in [0.1, 0.15) is 6.42 Å². The lowest BCUT2D eigenvalue weighted by Gasteiger charge is -2.07. The van der Waals surface area contributed by atoms with Crippen molar-refractivity contribution < 1.29 is 9.90 Å². The molecule has 0 radical (unpaired) electrons. The molecule has 0 aromatic heterocycles. The Morgan fingerprint density at radius 2 is 2.50 bits per heavy atom. The molecule has 0 aromatic carbocycles. The van der Waals surface area contributed by atoms with Crippen LogP contribution >= 0.6 is 27.9 Å². The van der Waals surface area contributed by atoms with Gasteiger partial charge >= 0.3 is 5.97 Å². The molecule has 1 atom stereocenters. The summed E-state index contributed by atoms with van der Waals surface area (Å²) in [5.41, 5.74) is 0. The van der Waals surface area contributed by atoms with Gasteiger partial charge in [0, 0.05) is 16.1 Å². The van der Waals surface area contributed by atoms with Crippen LogP contribution in [0.3, 0.4) is 0 Å². The highest BCUT2D eigenvalue weighted by atomic mass is 79.9. The molecule has 3 nitrogen and oxygen atoms in total. The number of aliphatic carboxylic acids is 1. The first-order valence-electron chi connectivity index (χ1n) is 2.80. The third-order valence-corrected chi connectivity index (χ3v) is 2.24. The van der Waals surface area contributed by atoms with Gasteiger partial charge in [0.25, 0.3) is 0 Å². The van der Waals surface area contributed by atoms with Crippen molar-refractivity contribution in [3.63, 3.8) is 0 Å². The average molecular weight is 228 g/mol. The second kappa shape index (κ2) is 6.00. The Bertz CT molecular complexity index is 112. The number of carboxylic acids is 1. The van der Waals surface area contributed by atoms with Crippen molar-refractivity contribution in [1.29, 1.82) is 0 Å². The van der Waals surface area contributed by atoms with Crippen LogP contribution < -0.4 is 4.34 Å². The van der Waals surface area contributed by atoms with Crippen molar-refractivity contribution in [2.75, 3.05) is 12.0 Å². The smallest absolute Gasteiger partial charge is 0.321 e. The standard InChI is InChI=1S/C5H10BrNO2S/c1-10-3-2-4(7-6)5(8)9/h4,7H,2-3H2,1H3,(H,8,9). The molecule has 0 aliphatic heterocycles. The van der Waals surface area contributed by atoms with Crippen molar-refractivity contribution in [3.8, 4) is 0 Å². The quantitative estimate of drug-likeness (QED) is 0.691. The van der Waals surface area contributed by atoms with Crippen molar-refractivity contribution in [2.45, 2.75) is 12.5 Å². The molecule has 0 saturated heterocycles. The molecule has 1 unspecified atom stereocenters. The van der Waals surface area contributed by atoms with Crippen molar-refractivity contribution in [2.24, 2.45) is 0 Å². The van der Waals surface area contributed by atoms with Crippen LogP contribution in [0.25, 0.3) is 0 Å². The van der Waals surface area contributed by atoms with E-state index in [0.29, 0.717) is 6.42 Å². The molecule has 5 heteroatoms. The van der Waals surface area contributed by atoms with Crippen LogP contribution in [-0.4, -0.2) is 29.1 Å². The summed E-state index contributed by atoms with van der Waals surface area (Å²) in [6.07, 6.45) is 2.59. The van der Waals surface area contributed by atoms with Gasteiger partial charge in [0.15, 0.2) is 0 Å². The number of carboxylic acid groups (broad SMARTS) is 1. The van der Waals surface area contributed by atoms with Crippen LogP contribution in [0.5, 0.6) is 0 Å². The first-order valence-corrected chi connectivity index (χ1v) is 4.99. The number of rotatable bonds is 5. The molecule has 0 heterocycles. The molecule has 0 fully saturated rings. The second-order valence-electron chi connectivity index (χ2n) is 1.78. The lowest BCUT2D eigenvalue weighted by molar-refractivity contribution is -0.138. The number of halogens is 1. The van der Waals surface area contributed by atoms with Gasteiger partial charge < -0.3 is 5.11 Å². The van der Waals surface area contributed by atoms with Gasteiger partial charge in [0.2, 0.25) is 0 Å². The number of hydrogen-bond acceptors (Lipinski definition) is 3. The molecular weight excluding hydrogens is 218 g/mol. The molecule has 0 bridgehead atoms. The fourth-order valence-electron chi connectivity index (χ4n) is 0.460. The summed E-state index contributed by atoms with van der Waals surface area (Å²) < 4.78 is 2.54. The molecule has 0 aromatic rings. The van der Waals surface area contributed by atoms with Gasteiger partial charge in [-0.1, -0.05) is 0 Å². The van der Waals surface area contributed by atoms with Gasteiger partial charge in [-0.3, -0.25) is 4.79 Å². The number of carbonyl (C=O) groups is 1. The zero-order valence-corrected chi connectivity index (χ0v) is 8.04. The maximum Gasteiger partial charge on any atom is 0.321 e. The van der Waals surface area contributed by atoms with Gasteiger partial charge in [-0.2, -0.15) is 11.8 Å². The Balaban J connectivity index is 3.50. The van der Waals surface area contributed by atoms with E-state index in [1.165, 1.54) is 0 Å². The van der Waals surface area contributed by atoms with Crippen LogP contribution in [0.4, 0.5) is 0 Å². The zero-order chi connectivity index (χ0) is 7.98. The van der Waals surface area contributed by atoms with Gasteiger partial charge in [-0.15, -0.1) is 0 Å². The molecule has 10 heavy (non-hydrogen) atoms. The van der Waals surface area contributed by atoms with E-state index in [0.717, 1.165) is 5.75 Å². The lowest BCUT2D eigenvalue weighted by Crippen LogP contribution is -2.30. The van der Waals surface area contributed by atoms with Crippen molar-refractivity contribution in [1.82, 2.24) is 4.34 Å². The Hall–Kier alpha value is 0.260. The van der Waals surface area contributed by atoms with E-state index in [1.54, 1.807) is 11.8 Å². The van der Waals surface area contributed by atoms with Crippen molar-refractivity contribution >= 4 is 33.9 Å². The topological polar surface area (TPSA) is 49.3 Å². The summed E-state index contributed by atoms with van der Waals surface area (Å²) in [6.45, 7) is 0. The molecule has 0 spiro atoms. The van der Waals surface area contributed by atoms with Crippen LogP contribution in [0.15, 0.2) is 0 Å². The third-order valence-electron chi connectivity index (χ3n) is 1.04. The van der Waals surface area contributed by atoms with E-state index >= 15 is 0 Å². The molecule has 60 valence electrons. The van der Waals surface area contributed by atoms with E-state index < -0.39 is 12.0 Å². The normalized spacial score (nSPS) is 13.0. The van der Waals surface area contributed by atoms with Crippen molar-refractivity contribution in [3.05, 3.63) is 0 Å². The summed E-state index contributed by atoms with van der Waals surface area (Å²) >= 11 is 4.55. The first-order chi connectivity index (χ1) is 4.72. The third kappa shape index (κ3) is 4.14. The van der Waals surface area contributed by atoms with Gasteiger partial charge in [0.05, 0.1) is 0 Å². The number of thioether (sulfide) groups is 1. The van der Waals surface area contributed by atoms with E-state index in [-0.39, 0.29) is 0 Å². The van der Waals surface area contributed by atoms with Crippen LogP contribution in [0, 0.1) is 0 Å². The minimum atomic E-state index is -0.814. The molecule has 0 rings (SSSR count). The van der Waals surface area contributed by atoms with Gasteiger partial charge in [-0.25, -0.2) is 4.34 Å². The highest BCUT2D eigenvalue weighted by molar-refractivity contribution is 9.08. The largest absolute Gasteiger partial charge is 0.480 e. The summed E-state index contributed by atoms with van der Waals surface area (Å²) in [5, 5.41) is 8.50. The molecule has 0 amide bonds. The van der Waals surface area contributed by atoms with Gasteiger partial charge in [0.1, 0.15) is 6.04 Å². The molecule has 2 N–H and O–H groups in total. The fourth-order valence-corrected chi connectivity index (χ4v) is 1.36. The predicted molar refractivity (Wildman–Crippen MR) is 46.5 cm³/mol. The van der Waals surface area contributed by atoms with E-state index in [2.05, 4.69) is 20.5 Å². The van der Waals surface area contributed by atoms with E-state index in [4.69, 9.17) is 5.11 Å². The van der Waals surface area contributed by atoms with Crippen LogP contribution in [-0.2, 0) is 4.79 Å². The minimum Gasteiger partial charge on any atom is -0.480 e. The molecule has 0 aliphatic rings. The SMILES string of the molecule is CSCCC(NBr)C(=O)O. The maximum atomic E-state index is 10.3. The predicted octanol–water partition coefficient (Wildman–Crippen LogP) is 1.09. The molecule has 0 saturated carbocycles. The highest BCUT2D eigenvalue weighted by Gasteiger charge is 2.13. The summed E-state index contributed by atoms with van der Waals surface area (Å²) in [4.78, 5) is 10.3. The Labute approximate surface area is 72.9 Å². The highest BCUT2D eigenvalue weighted by Crippen LogP contribution is 2.01. The maximum absolute atomic E-state index is 10.3. The minimum absolute atomic E-state index is 0.465. The molecule has 0 aliphatic carbocycles. The summed E-state index contributed by atoms with van der Waals surface area (Å²) in [7, 11) is 0. The monoisotopic (exact) mass is 227 g/mol. The number of hydrogen-bond donors (Lipinski definition) is 2. The van der Waals surface area contributed by atoms with E-state index in [1.807, 2.05) is 6.26 Å². The Morgan fingerprint density at radius 3 is 2.80 bits per heavy atom. The molecular formula is C5H10BrNO2S.